The maximum absolute atomic E-state index is 14.5. The molecule has 548 valence electrons. The molecule has 0 N–H and O–H groups in total. The van der Waals surface area contributed by atoms with Gasteiger partial charge in [-0.15, -0.1) is 0 Å². The van der Waals surface area contributed by atoms with E-state index in [9.17, 15) is 38.4 Å². The molecule has 4 bridgehead atoms. The van der Waals surface area contributed by atoms with Crippen LogP contribution < -0.4 is 0 Å². The molecule has 4 aliphatic carbocycles. The first-order chi connectivity index (χ1) is 43.3. The number of esters is 8. The average molecular weight is 1420 g/mol. The maximum Gasteiger partial charge on any atom is 0.312 e. The van der Waals surface area contributed by atoms with Crippen molar-refractivity contribution in [2.45, 2.75) is 312 Å². The van der Waals surface area contributed by atoms with Gasteiger partial charge in [0.2, 0.25) is 0 Å². The lowest BCUT2D eigenvalue weighted by atomic mass is 9.64. The van der Waals surface area contributed by atoms with Crippen LogP contribution in [0.3, 0.4) is 0 Å². The summed E-state index contributed by atoms with van der Waals surface area (Å²) in [6.45, 7) is 57.2. The molecule has 8 fully saturated rings. The monoisotopic (exact) mass is 1420 g/mol. The summed E-state index contributed by atoms with van der Waals surface area (Å²) in [6.07, 6.45) is 6.57. The Hall–Kier alpha value is -4.29. The van der Waals surface area contributed by atoms with Gasteiger partial charge in [-0.05, 0) is 139 Å². The van der Waals surface area contributed by atoms with Crippen LogP contribution in [0.1, 0.15) is 187 Å². The highest BCUT2D eigenvalue weighted by atomic mass is 28.4. The summed E-state index contributed by atoms with van der Waals surface area (Å²) in [5.41, 5.74) is -7.28. The molecule has 8 aliphatic rings. The second kappa shape index (κ2) is 29.7. The summed E-state index contributed by atoms with van der Waals surface area (Å²) in [5.74, 6) is -1.10. The van der Waals surface area contributed by atoms with Crippen LogP contribution in [0.15, 0.2) is 24.7 Å². The van der Waals surface area contributed by atoms with E-state index in [1.54, 1.807) is 34.6 Å². The van der Waals surface area contributed by atoms with Crippen molar-refractivity contribution < 1.29 is 85.7 Å². The molecule has 96 heavy (non-hydrogen) atoms. The van der Waals surface area contributed by atoms with Gasteiger partial charge in [-0.2, -0.15) is 0 Å². The van der Waals surface area contributed by atoms with Gasteiger partial charge in [0, 0.05) is 42.9 Å². The van der Waals surface area contributed by atoms with Crippen molar-refractivity contribution in [2.75, 3.05) is 13.7 Å². The number of ether oxygens (including phenoxy) is 10. The molecule has 8 rings (SSSR count). The quantitative estimate of drug-likeness (QED) is 0.0445. The summed E-state index contributed by atoms with van der Waals surface area (Å²) in [5, 5.41) is -0.186. The highest BCUT2D eigenvalue weighted by Gasteiger charge is 2.66. The molecule has 18 nitrogen and oxygen atoms in total. The third-order valence-electron chi connectivity index (χ3n) is 22.7. The van der Waals surface area contributed by atoms with Crippen molar-refractivity contribution in [3.63, 3.8) is 0 Å². The SMILES string of the molecule is C.C=C1CC(C)(OC(=O)C(C)(C)CC(C)(CC(C)(CC)C(=O)OC([Si](C)(C)C)[Si](C)(C)C)C(=O)OC2C3CC4C(=O)OC2C4C3)CCO1.C=C1CCC(C)O1.CCC(C)(CC(C)(CC(C)(CC)C(=O)OC([Si](C)(C)C)[Si](C)(C)C)C(=O)OC1C2CC3C(=O)OC1C3C2)C(=O)OC. The summed E-state index contributed by atoms with van der Waals surface area (Å²) in [6, 6.07) is 0. The molecule has 0 spiro atoms. The fraction of sp³-hybridized carbons (Fsp3) is 0.838. The molecule has 4 saturated carbocycles. The third-order valence-corrected chi connectivity index (χ3v) is 39.8. The average Bonchev–Trinajstić information content (AvgIpc) is 1.55. The number of carbonyl (C=O) groups is 8. The number of hydrogen-bond acceptors (Lipinski definition) is 18. The molecule has 0 radical (unpaired) electrons. The Bertz CT molecular complexity index is 2870. The first kappa shape index (κ1) is 82.4. The van der Waals surface area contributed by atoms with E-state index < -0.39 is 119 Å². The fourth-order valence-electron chi connectivity index (χ4n) is 18.0. The Balaban J connectivity index is 0.000000313. The lowest BCUT2D eigenvalue weighted by molar-refractivity contribution is -0.184. The van der Waals surface area contributed by atoms with E-state index in [1.165, 1.54) is 7.11 Å². The number of methoxy groups -OCH3 is 1. The standard InChI is InChI=1S/C36H60O9Si2.C31H54O8Si2.C6H10O.CH4/c1-14-34(5,30(39)44-32(46(8,9)10)47(11,12)13)21-35(6,20-33(3,4)29(38)45-36(7)15-16-41-22(2)19-36)31(40)43-26-23-17-24-25(18-23)28(37)42-27(24)26;1-13-29(3,25(33)36-6)17-31(5,27(35)38-22-19-15-20-21(16-19)24(32)37-23(20)22)18-30(4,14-2)26(34)39-28(40(7,8)9)41(10,11)12;1-5-3-4-6(2)7-5;/h23-27,32H,2,14-21H2,1,3-13H3;19-23,28H,13-18H2,1-12H3;6H,1,3-4H2,2H3;1H4. The number of rotatable bonds is 26. The Morgan fingerprint density at radius 2 is 0.917 bits per heavy atom. The molecule has 0 aromatic carbocycles. The van der Waals surface area contributed by atoms with Gasteiger partial charge in [0.25, 0.3) is 0 Å². The smallest absolute Gasteiger partial charge is 0.312 e. The van der Waals surface area contributed by atoms with Gasteiger partial charge >= 0.3 is 47.8 Å². The molecule has 0 amide bonds. The van der Waals surface area contributed by atoms with Gasteiger partial charge in [0.1, 0.15) is 30.0 Å². The van der Waals surface area contributed by atoms with Gasteiger partial charge in [0.05, 0.1) is 119 Å². The highest BCUT2D eigenvalue weighted by molar-refractivity contribution is 6.96. The predicted molar refractivity (Wildman–Crippen MR) is 382 cm³/mol. The Morgan fingerprint density at radius 3 is 1.23 bits per heavy atom. The van der Waals surface area contributed by atoms with E-state index in [1.807, 2.05) is 41.5 Å². The fourth-order valence-corrected chi connectivity index (χ4v) is 40.6. The van der Waals surface area contributed by atoms with Crippen molar-refractivity contribution in [3.8, 4) is 0 Å². The van der Waals surface area contributed by atoms with E-state index >= 15 is 0 Å². The van der Waals surface area contributed by atoms with Crippen molar-refractivity contribution in [3.05, 3.63) is 24.7 Å². The van der Waals surface area contributed by atoms with Crippen molar-refractivity contribution in [1.82, 2.24) is 0 Å². The molecule has 4 heterocycles. The van der Waals surface area contributed by atoms with Crippen molar-refractivity contribution in [1.29, 1.82) is 0 Å². The lowest BCUT2D eigenvalue weighted by Gasteiger charge is -2.44. The molecular weight excluding hydrogens is 1290 g/mol. The minimum absolute atomic E-state index is 0. The molecule has 22 heteroatoms. The Morgan fingerprint density at radius 1 is 0.542 bits per heavy atom. The van der Waals surface area contributed by atoms with Crippen LogP contribution in [-0.2, 0) is 85.7 Å². The van der Waals surface area contributed by atoms with Crippen LogP contribution in [0.4, 0.5) is 0 Å². The molecule has 17 atom stereocenters. The van der Waals surface area contributed by atoms with Crippen LogP contribution in [-0.4, -0.2) is 141 Å². The minimum atomic E-state index is -1.88. The molecule has 0 aromatic heterocycles. The minimum Gasteiger partial charge on any atom is -0.498 e. The van der Waals surface area contributed by atoms with Gasteiger partial charge in [-0.3, -0.25) is 38.4 Å². The molecule has 0 aromatic rings. The molecule has 17 unspecified atom stereocenters. The van der Waals surface area contributed by atoms with E-state index in [0.29, 0.717) is 63.4 Å². The lowest BCUT2D eigenvalue weighted by Crippen LogP contribution is -2.57. The second-order valence-electron chi connectivity index (χ2n) is 36.7. The Kier molecular flexibility index (Phi) is 25.5. The van der Waals surface area contributed by atoms with E-state index in [-0.39, 0.29) is 103 Å². The maximum atomic E-state index is 14.5. The number of hydrogen-bond donors (Lipinski definition) is 0. The topological polar surface area (TPSA) is 229 Å². The van der Waals surface area contributed by atoms with Gasteiger partial charge in [-0.25, -0.2) is 0 Å². The van der Waals surface area contributed by atoms with Crippen LogP contribution in [0.2, 0.25) is 78.6 Å². The van der Waals surface area contributed by atoms with Gasteiger partial charge in [0.15, 0.2) is 0 Å². The van der Waals surface area contributed by atoms with Gasteiger partial charge in [-0.1, -0.05) is 120 Å². The molecular formula is C74H128O18Si4. The van der Waals surface area contributed by atoms with Crippen molar-refractivity contribution in [2.24, 2.45) is 68.0 Å². The van der Waals surface area contributed by atoms with Crippen LogP contribution in [0.5, 0.6) is 0 Å². The number of allylic oxidation sites excluding steroid dienone is 1. The number of fused-ring (bicyclic) bond motifs is 2. The summed E-state index contributed by atoms with van der Waals surface area (Å²) in [7, 11) is -6.09. The van der Waals surface area contributed by atoms with Crippen LogP contribution in [0, 0.1) is 68.0 Å². The largest absolute Gasteiger partial charge is 0.498 e. The summed E-state index contributed by atoms with van der Waals surface area (Å²) < 4.78 is 58.7. The van der Waals surface area contributed by atoms with E-state index in [0.717, 1.165) is 31.4 Å². The zero-order valence-electron chi connectivity index (χ0n) is 63.1. The normalized spacial score (nSPS) is 30.3. The zero-order valence-corrected chi connectivity index (χ0v) is 67.1. The van der Waals surface area contributed by atoms with E-state index in [2.05, 4.69) is 98.6 Å². The van der Waals surface area contributed by atoms with Gasteiger partial charge < -0.3 is 47.4 Å². The van der Waals surface area contributed by atoms with Crippen LogP contribution in [0.25, 0.3) is 0 Å². The highest BCUT2D eigenvalue weighted by Crippen LogP contribution is 2.59. The van der Waals surface area contributed by atoms with Crippen LogP contribution >= 0.6 is 0 Å². The van der Waals surface area contributed by atoms with Crippen molar-refractivity contribution >= 4 is 80.0 Å². The second-order valence-corrected chi connectivity index (χ2v) is 58.9. The first-order valence-electron chi connectivity index (χ1n) is 35.5. The predicted octanol–water partition coefficient (Wildman–Crippen LogP) is 15.3. The summed E-state index contributed by atoms with van der Waals surface area (Å²) >= 11 is 0. The summed E-state index contributed by atoms with van der Waals surface area (Å²) in [4.78, 5) is 109. The zero-order chi connectivity index (χ0) is 72.2. The molecule has 4 saturated heterocycles. The Labute approximate surface area is 581 Å². The first-order valence-corrected chi connectivity index (χ1v) is 49.8. The van der Waals surface area contributed by atoms with E-state index in [4.69, 9.17) is 47.4 Å². The molecule has 4 aliphatic heterocycles. The third kappa shape index (κ3) is 18.2. The number of carbonyl (C=O) groups excluding carboxylic acids is 8.